The van der Waals surface area contributed by atoms with Crippen molar-refractivity contribution in [1.29, 1.82) is 0 Å². The number of hydrogen-bond donors (Lipinski definition) is 1. The Kier molecular flexibility index (Phi) is 5.24. The van der Waals surface area contributed by atoms with Gasteiger partial charge in [0, 0.05) is 31.3 Å². The van der Waals surface area contributed by atoms with E-state index >= 15 is 0 Å². The van der Waals surface area contributed by atoms with Crippen LogP contribution in [0.5, 0.6) is 11.5 Å². The van der Waals surface area contributed by atoms with E-state index in [-0.39, 0.29) is 23.8 Å². The fraction of sp³-hybridized carbons (Fsp3) is 0.562. The van der Waals surface area contributed by atoms with Crippen LogP contribution in [0, 0.1) is 5.82 Å². The molecule has 1 aliphatic rings. The van der Waals surface area contributed by atoms with Gasteiger partial charge in [0.05, 0.1) is 20.3 Å². The van der Waals surface area contributed by atoms with E-state index in [9.17, 15) is 9.18 Å². The van der Waals surface area contributed by atoms with Crippen LogP contribution in [0.4, 0.5) is 4.39 Å². The van der Waals surface area contributed by atoms with Crippen LogP contribution >= 0.6 is 0 Å². The molecule has 0 radical (unpaired) electrons. The monoisotopic (exact) mass is 310 g/mol. The number of halogens is 1. The lowest BCUT2D eigenvalue weighted by atomic mass is 10.0. The van der Waals surface area contributed by atoms with E-state index in [4.69, 9.17) is 9.47 Å². The lowest BCUT2D eigenvalue weighted by Crippen LogP contribution is -2.49. The van der Waals surface area contributed by atoms with E-state index in [0.29, 0.717) is 17.1 Å². The third-order valence-corrected chi connectivity index (χ3v) is 4.08. The predicted molar refractivity (Wildman–Crippen MR) is 81.7 cm³/mol. The van der Waals surface area contributed by atoms with Gasteiger partial charge in [0.25, 0.3) is 0 Å². The minimum absolute atomic E-state index is 0.0546. The Morgan fingerprint density at radius 3 is 2.59 bits per heavy atom. The van der Waals surface area contributed by atoms with E-state index in [0.717, 1.165) is 19.4 Å². The standard InChI is InChI=1S/C16H23FN2O3/c1-10(18-13-6-5-7-19(2)16(13)20)11-8-14(21-3)15(22-4)9-12(11)17/h8-10,13,18H,5-7H2,1-4H3. The summed E-state index contributed by atoms with van der Waals surface area (Å²) in [7, 11) is 4.77. The van der Waals surface area contributed by atoms with E-state index in [2.05, 4.69) is 5.32 Å². The maximum atomic E-state index is 14.3. The molecule has 1 aromatic rings. The first kappa shape index (κ1) is 16.5. The highest BCUT2D eigenvalue weighted by atomic mass is 19.1. The van der Waals surface area contributed by atoms with E-state index in [1.54, 1.807) is 18.0 Å². The summed E-state index contributed by atoms with van der Waals surface area (Å²) >= 11 is 0. The second-order valence-corrected chi connectivity index (χ2v) is 5.57. The van der Waals surface area contributed by atoms with Crippen LogP contribution in [-0.2, 0) is 4.79 Å². The van der Waals surface area contributed by atoms with Crippen LogP contribution in [0.1, 0.15) is 31.4 Å². The van der Waals surface area contributed by atoms with Gasteiger partial charge in [0.1, 0.15) is 5.82 Å². The third kappa shape index (κ3) is 3.32. The summed E-state index contributed by atoms with van der Waals surface area (Å²) < 4.78 is 24.6. The summed E-state index contributed by atoms with van der Waals surface area (Å²) in [5, 5.41) is 3.22. The molecule has 1 saturated heterocycles. The fourth-order valence-corrected chi connectivity index (χ4v) is 2.78. The van der Waals surface area contributed by atoms with Crippen molar-refractivity contribution in [2.75, 3.05) is 27.8 Å². The number of nitrogens with one attached hydrogen (secondary N) is 1. The summed E-state index contributed by atoms with van der Waals surface area (Å²) in [4.78, 5) is 13.8. The first-order valence-corrected chi connectivity index (χ1v) is 7.40. The number of hydrogen-bond acceptors (Lipinski definition) is 4. The molecule has 1 heterocycles. The minimum Gasteiger partial charge on any atom is -0.493 e. The summed E-state index contributed by atoms with van der Waals surface area (Å²) in [5.41, 5.74) is 0.457. The molecule has 0 spiro atoms. The van der Waals surface area contributed by atoms with Gasteiger partial charge in [-0.2, -0.15) is 0 Å². The Balaban J connectivity index is 2.18. The van der Waals surface area contributed by atoms with Gasteiger partial charge in [-0.05, 0) is 25.8 Å². The van der Waals surface area contributed by atoms with Crippen molar-refractivity contribution in [1.82, 2.24) is 10.2 Å². The maximum absolute atomic E-state index is 14.3. The quantitative estimate of drug-likeness (QED) is 0.905. The molecule has 22 heavy (non-hydrogen) atoms. The van der Waals surface area contributed by atoms with Crippen LogP contribution in [0.15, 0.2) is 12.1 Å². The molecule has 1 aliphatic heterocycles. The molecule has 2 atom stereocenters. The summed E-state index contributed by atoms with van der Waals surface area (Å²) in [6.45, 7) is 2.61. The van der Waals surface area contributed by atoms with Crippen LogP contribution in [0.3, 0.4) is 0 Å². The van der Waals surface area contributed by atoms with Gasteiger partial charge in [0.15, 0.2) is 11.5 Å². The smallest absolute Gasteiger partial charge is 0.239 e. The number of methoxy groups -OCH3 is 2. The molecule has 1 fully saturated rings. The molecule has 0 aliphatic carbocycles. The number of benzene rings is 1. The summed E-state index contributed by atoms with van der Waals surface area (Å²) in [6, 6.07) is 2.34. The molecule has 0 aromatic heterocycles. The first-order chi connectivity index (χ1) is 10.5. The number of carbonyl (C=O) groups excluding carboxylic acids is 1. The van der Waals surface area contributed by atoms with Gasteiger partial charge in [-0.15, -0.1) is 0 Å². The van der Waals surface area contributed by atoms with Crippen LogP contribution in [0.2, 0.25) is 0 Å². The zero-order valence-electron chi connectivity index (χ0n) is 13.5. The Morgan fingerprint density at radius 2 is 1.95 bits per heavy atom. The van der Waals surface area contributed by atoms with E-state index < -0.39 is 0 Å². The Hall–Kier alpha value is -1.82. The number of ether oxygens (including phenoxy) is 2. The predicted octanol–water partition coefficient (Wildman–Crippen LogP) is 2.11. The molecule has 0 saturated carbocycles. The molecular formula is C16H23FN2O3. The zero-order chi connectivity index (χ0) is 16.3. The molecule has 1 N–H and O–H groups in total. The lowest BCUT2D eigenvalue weighted by Gasteiger charge is -2.32. The maximum Gasteiger partial charge on any atom is 0.239 e. The number of nitrogens with zero attached hydrogens (tertiary/aromatic N) is 1. The Labute approximate surface area is 130 Å². The van der Waals surface area contributed by atoms with Gasteiger partial charge >= 0.3 is 0 Å². The number of likely N-dealkylation sites (N-methyl/N-ethyl adjacent to an activating group) is 1. The van der Waals surface area contributed by atoms with Crippen molar-refractivity contribution < 1.29 is 18.7 Å². The molecular weight excluding hydrogens is 287 g/mol. The van der Waals surface area contributed by atoms with Gasteiger partial charge < -0.3 is 14.4 Å². The molecule has 0 bridgehead atoms. The highest BCUT2D eigenvalue weighted by Gasteiger charge is 2.28. The molecule has 5 nitrogen and oxygen atoms in total. The van der Waals surface area contributed by atoms with Crippen LogP contribution in [0.25, 0.3) is 0 Å². The number of carbonyl (C=O) groups is 1. The van der Waals surface area contributed by atoms with Crippen LogP contribution < -0.4 is 14.8 Å². The lowest BCUT2D eigenvalue weighted by molar-refractivity contribution is -0.134. The summed E-state index contributed by atoms with van der Waals surface area (Å²) in [5.74, 6) is 0.498. The second-order valence-electron chi connectivity index (χ2n) is 5.57. The van der Waals surface area contributed by atoms with E-state index in [1.165, 1.54) is 20.3 Å². The van der Waals surface area contributed by atoms with Crippen molar-refractivity contribution in [2.45, 2.75) is 31.8 Å². The van der Waals surface area contributed by atoms with Gasteiger partial charge in [0.2, 0.25) is 5.91 Å². The van der Waals surface area contributed by atoms with Crippen molar-refractivity contribution in [3.05, 3.63) is 23.5 Å². The fourth-order valence-electron chi connectivity index (χ4n) is 2.78. The highest BCUT2D eigenvalue weighted by Crippen LogP contribution is 2.32. The number of likely N-dealkylation sites (tertiary alicyclic amines) is 1. The molecule has 1 amide bonds. The largest absolute Gasteiger partial charge is 0.493 e. The van der Waals surface area contributed by atoms with Crippen molar-refractivity contribution in [2.24, 2.45) is 0 Å². The third-order valence-electron chi connectivity index (χ3n) is 4.08. The number of rotatable bonds is 5. The Bertz CT molecular complexity index is 550. The average molecular weight is 310 g/mol. The minimum atomic E-state index is -0.380. The van der Waals surface area contributed by atoms with Crippen molar-refractivity contribution >= 4 is 5.91 Å². The number of amides is 1. The Morgan fingerprint density at radius 1 is 1.32 bits per heavy atom. The number of piperidine rings is 1. The molecule has 2 unspecified atom stereocenters. The summed E-state index contributed by atoms with van der Waals surface area (Å²) in [6.07, 6.45) is 1.71. The van der Waals surface area contributed by atoms with E-state index in [1.807, 2.05) is 6.92 Å². The van der Waals surface area contributed by atoms with Crippen molar-refractivity contribution in [3.8, 4) is 11.5 Å². The average Bonchev–Trinajstić information content (AvgIpc) is 2.51. The highest BCUT2D eigenvalue weighted by molar-refractivity contribution is 5.82. The zero-order valence-corrected chi connectivity index (χ0v) is 13.5. The SMILES string of the molecule is COc1cc(F)c(C(C)NC2CCCN(C)C2=O)cc1OC. The normalized spacial score (nSPS) is 20.0. The van der Waals surface area contributed by atoms with Gasteiger partial charge in [-0.25, -0.2) is 4.39 Å². The van der Waals surface area contributed by atoms with Gasteiger partial charge in [-0.3, -0.25) is 10.1 Å². The van der Waals surface area contributed by atoms with Crippen molar-refractivity contribution in [3.63, 3.8) is 0 Å². The second kappa shape index (κ2) is 6.96. The van der Waals surface area contributed by atoms with Crippen LogP contribution in [-0.4, -0.2) is 44.7 Å². The molecule has 1 aromatic carbocycles. The molecule has 6 heteroatoms. The van der Waals surface area contributed by atoms with Gasteiger partial charge in [-0.1, -0.05) is 0 Å². The molecule has 122 valence electrons. The first-order valence-electron chi connectivity index (χ1n) is 7.40. The topological polar surface area (TPSA) is 50.8 Å². The molecule has 2 rings (SSSR count).